The van der Waals surface area contributed by atoms with Crippen molar-refractivity contribution in [1.82, 2.24) is 4.72 Å². The molecule has 0 aliphatic carbocycles. The Morgan fingerprint density at radius 3 is 2.44 bits per heavy atom. The number of thiophene rings is 1. The molecule has 6 heteroatoms. The number of hydrogen-bond acceptors (Lipinski definition) is 4. The Kier molecular flexibility index (Phi) is 5.33. The molecule has 0 spiro atoms. The molecule has 18 heavy (non-hydrogen) atoms. The normalized spacial score (nSPS) is 14.1. The smallest absolute Gasteiger partial charge is 0.250 e. The summed E-state index contributed by atoms with van der Waals surface area (Å²) in [6, 6.07) is 1.56. The van der Waals surface area contributed by atoms with Gasteiger partial charge in [0.2, 0.25) is 10.0 Å². The molecular formula is C12H21NO3S2. The first-order chi connectivity index (χ1) is 8.31. The van der Waals surface area contributed by atoms with Crippen molar-refractivity contribution in [3.8, 4) is 0 Å². The largest absolute Gasteiger partial charge is 0.391 e. The second kappa shape index (κ2) is 6.14. The molecule has 0 saturated heterocycles. The fourth-order valence-electron chi connectivity index (χ4n) is 1.73. The molecule has 1 unspecified atom stereocenters. The molecule has 1 atom stereocenters. The summed E-state index contributed by atoms with van der Waals surface area (Å²) in [6.07, 6.45) is 0.758. The first-order valence-electron chi connectivity index (χ1n) is 6.04. The summed E-state index contributed by atoms with van der Waals surface area (Å²) in [6.45, 7) is 7.64. The summed E-state index contributed by atoms with van der Waals surface area (Å²) >= 11 is 1.13. The Bertz CT molecular complexity index is 491. The lowest BCUT2D eigenvalue weighted by molar-refractivity contribution is 0.285. The van der Waals surface area contributed by atoms with E-state index in [4.69, 9.17) is 5.11 Å². The number of aryl methyl sites for hydroxylation is 1. The first-order valence-corrected chi connectivity index (χ1v) is 8.34. The standard InChI is InChI=1S/C12H21NO3S2/c1-5-10(8(2)3)13-18(15,16)12-6-9(4)11(7-14)17-12/h6,8,10,13-14H,5,7H2,1-4H3. The minimum atomic E-state index is -3.47. The van der Waals surface area contributed by atoms with E-state index in [1.165, 1.54) is 0 Å². The third-order valence-corrected chi connectivity index (χ3v) is 6.14. The van der Waals surface area contributed by atoms with Gasteiger partial charge >= 0.3 is 0 Å². The average Bonchev–Trinajstić information content (AvgIpc) is 2.68. The van der Waals surface area contributed by atoms with Crippen LogP contribution >= 0.6 is 11.3 Å². The highest BCUT2D eigenvalue weighted by Crippen LogP contribution is 2.26. The maximum absolute atomic E-state index is 12.2. The molecule has 0 aliphatic rings. The van der Waals surface area contributed by atoms with E-state index in [2.05, 4.69) is 4.72 Å². The third kappa shape index (κ3) is 3.54. The highest BCUT2D eigenvalue weighted by Gasteiger charge is 2.23. The Morgan fingerprint density at radius 2 is 2.06 bits per heavy atom. The van der Waals surface area contributed by atoms with Gasteiger partial charge in [0.1, 0.15) is 4.21 Å². The van der Waals surface area contributed by atoms with E-state index in [9.17, 15) is 8.42 Å². The van der Waals surface area contributed by atoms with E-state index in [0.717, 1.165) is 23.3 Å². The van der Waals surface area contributed by atoms with Crippen LogP contribution in [0.1, 0.15) is 37.6 Å². The van der Waals surface area contributed by atoms with Crippen LogP contribution in [0.5, 0.6) is 0 Å². The quantitative estimate of drug-likeness (QED) is 0.845. The summed E-state index contributed by atoms with van der Waals surface area (Å²) < 4.78 is 27.4. The van der Waals surface area contributed by atoms with Crippen molar-refractivity contribution >= 4 is 21.4 Å². The predicted molar refractivity (Wildman–Crippen MR) is 74.2 cm³/mol. The van der Waals surface area contributed by atoms with Gasteiger partial charge in [0, 0.05) is 10.9 Å². The topological polar surface area (TPSA) is 66.4 Å². The van der Waals surface area contributed by atoms with E-state index in [0.29, 0.717) is 4.88 Å². The maximum atomic E-state index is 12.2. The minimum absolute atomic E-state index is 0.0602. The molecule has 1 aromatic heterocycles. The Hall–Kier alpha value is -0.430. The Labute approximate surface area is 113 Å². The number of aliphatic hydroxyl groups is 1. The Balaban J connectivity index is 2.98. The van der Waals surface area contributed by atoms with Gasteiger partial charge in [0.15, 0.2) is 0 Å². The lowest BCUT2D eigenvalue weighted by Crippen LogP contribution is -2.37. The summed E-state index contributed by atoms with van der Waals surface area (Å²) in [5.41, 5.74) is 0.820. The lowest BCUT2D eigenvalue weighted by Gasteiger charge is -2.19. The molecule has 0 radical (unpaired) electrons. The molecule has 0 bridgehead atoms. The number of hydrogen-bond donors (Lipinski definition) is 2. The van der Waals surface area contributed by atoms with Crippen LogP contribution < -0.4 is 4.72 Å². The van der Waals surface area contributed by atoms with Gasteiger partial charge in [-0.25, -0.2) is 13.1 Å². The molecule has 0 amide bonds. The number of aliphatic hydroxyl groups excluding tert-OH is 1. The highest BCUT2D eigenvalue weighted by atomic mass is 32.2. The van der Waals surface area contributed by atoms with Crippen molar-refractivity contribution in [3.05, 3.63) is 16.5 Å². The molecule has 1 aromatic rings. The fourth-order valence-corrected chi connectivity index (χ4v) is 4.66. The van der Waals surface area contributed by atoms with Gasteiger partial charge in [-0.1, -0.05) is 20.8 Å². The van der Waals surface area contributed by atoms with Crippen molar-refractivity contribution in [3.63, 3.8) is 0 Å². The van der Waals surface area contributed by atoms with Gasteiger partial charge in [-0.2, -0.15) is 0 Å². The number of sulfonamides is 1. The second-order valence-electron chi connectivity index (χ2n) is 4.71. The van der Waals surface area contributed by atoms with Crippen molar-refractivity contribution in [1.29, 1.82) is 0 Å². The lowest BCUT2D eigenvalue weighted by atomic mass is 10.0. The second-order valence-corrected chi connectivity index (χ2v) is 7.79. The van der Waals surface area contributed by atoms with Gasteiger partial charge < -0.3 is 5.11 Å². The van der Waals surface area contributed by atoms with E-state index >= 15 is 0 Å². The van der Waals surface area contributed by atoms with E-state index in [-0.39, 0.29) is 22.8 Å². The summed E-state index contributed by atoms with van der Waals surface area (Å²) in [5.74, 6) is 0.253. The molecular weight excluding hydrogens is 270 g/mol. The molecule has 1 rings (SSSR count). The van der Waals surface area contributed by atoms with Crippen LogP contribution in [0.25, 0.3) is 0 Å². The fraction of sp³-hybridized carbons (Fsp3) is 0.667. The van der Waals surface area contributed by atoms with Crippen LogP contribution in [0, 0.1) is 12.8 Å². The molecule has 0 saturated carbocycles. The number of rotatable bonds is 6. The van der Waals surface area contributed by atoms with Crippen molar-refractivity contribution in [2.45, 2.75) is 51.0 Å². The summed E-state index contributed by atoms with van der Waals surface area (Å²) in [5, 5.41) is 9.11. The van der Waals surface area contributed by atoms with Crippen LogP contribution in [0.15, 0.2) is 10.3 Å². The van der Waals surface area contributed by atoms with Crippen LogP contribution in [-0.4, -0.2) is 19.6 Å². The highest BCUT2D eigenvalue weighted by molar-refractivity contribution is 7.91. The monoisotopic (exact) mass is 291 g/mol. The molecule has 2 N–H and O–H groups in total. The van der Waals surface area contributed by atoms with Gasteiger partial charge in [-0.05, 0) is 30.9 Å². The van der Waals surface area contributed by atoms with Gasteiger partial charge in [0.05, 0.1) is 6.61 Å². The van der Waals surface area contributed by atoms with E-state index in [1.807, 2.05) is 20.8 Å². The van der Waals surface area contributed by atoms with Gasteiger partial charge in [-0.3, -0.25) is 0 Å². The first kappa shape index (κ1) is 15.6. The van der Waals surface area contributed by atoms with Crippen molar-refractivity contribution in [2.75, 3.05) is 0 Å². The Morgan fingerprint density at radius 1 is 1.44 bits per heavy atom. The third-order valence-electron chi connectivity index (χ3n) is 2.96. The van der Waals surface area contributed by atoms with Gasteiger partial charge in [0.25, 0.3) is 0 Å². The van der Waals surface area contributed by atoms with Crippen LogP contribution in [0.2, 0.25) is 0 Å². The van der Waals surface area contributed by atoms with Crippen LogP contribution in [-0.2, 0) is 16.6 Å². The van der Waals surface area contributed by atoms with Crippen LogP contribution in [0.3, 0.4) is 0 Å². The van der Waals surface area contributed by atoms with Gasteiger partial charge in [-0.15, -0.1) is 11.3 Å². The predicted octanol–water partition coefficient (Wildman–Crippen LogP) is 2.26. The SMILES string of the molecule is CCC(NS(=O)(=O)c1cc(C)c(CO)s1)C(C)C. The van der Waals surface area contributed by atoms with Crippen LogP contribution in [0.4, 0.5) is 0 Å². The molecule has 1 heterocycles. The zero-order valence-electron chi connectivity index (χ0n) is 11.2. The zero-order valence-corrected chi connectivity index (χ0v) is 12.9. The zero-order chi connectivity index (χ0) is 13.9. The van der Waals surface area contributed by atoms with E-state index in [1.54, 1.807) is 13.0 Å². The summed E-state index contributed by atoms with van der Waals surface area (Å²) in [7, 11) is -3.47. The number of nitrogens with one attached hydrogen (secondary N) is 1. The van der Waals surface area contributed by atoms with E-state index < -0.39 is 10.0 Å². The molecule has 0 aliphatic heterocycles. The van der Waals surface area contributed by atoms with Crippen molar-refractivity contribution in [2.24, 2.45) is 5.92 Å². The average molecular weight is 291 g/mol. The molecule has 0 fully saturated rings. The summed E-state index contributed by atoms with van der Waals surface area (Å²) in [4.78, 5) is 0.702. The van der Waals surface area contributed by atoms with Crippen molar-refractivity contribution < 1.29 is 13.5 Å². The molecule has 4 nitrogen and oxygen atoms in total. The molecule has 104 valence electrons. The maximum Gasteiger partial charge on any atom is 0.250 e. The minimum Gasteiger partial charge on any atom is -0.391 e. The molecule has 0 aromatic carbocycles.